The number of nitrogens with one attached hydrogen (secondary N) is 1. The molecule has 0 heterocycles. The van der Waals surface area contributed by atoms with Crippen molar-refractivity contribution >= 4 is 11.4 Å². The monoisotopic (exact) mass is 263 g/mol. The summed E-state index contributed by atoms with van der Waals surface area (Å²) in [6.07, 6.45) is 0. The van der Waals surface area contributed by atoms with Crippen molar-refractivity contribution in [2.24, 2.45) is 0 Å². The summed E-state index contributed by atoms with van der Waals surface area (Å²) in [5, 5.41) is 3.03. The molecule has 20 heavy (non-hydrogen) atoms. The second-order valence-corrected chi connectivity index (χ2v) is 4.77. The molecule has 3 aromatic carbocycles. The standard InChI is InChI=1S/C17H13NO2/c1-11-7-9-12(10-8-11)14-15(17(20)16(14)19)18-13-5-3-2-4-6-13/h2-10,18H,1H3. The van der Waals surface area contributed by atoms with Gasteiger partial charge in [0.15, 0.2) is 0 Å². The fourth-order valence-corrected chi connectivity index (χ4v) is 2.17. The van der Waals surface area contributed by atoms with Crippen LogP contribution in [0.4, 0.5) is 11.4 Å². The van der Waals surface area contributed by atoms with Crippen LogP contribution in [-0.4, -0.2) is 0 Å². The molecule has 0 spiro atoms. The van der Waals surface area contributed by atoms with Crippen LogP contribution in [-0.2, 0) is 0 Å². The Kier molecular flexibility index (Phi) is 2.95. The Labute approximate surface area is 116 Å². The largest absolute Gasteiger partial charge is 0.352 e. The van der Waals surface area contributed by atoms with Gasteiger partial charge in [-0.3, -0.25) is 9.59 Å². The van der Waals surface area contributed by atoms with E-state index >= 15 is 0 Å². The molecule has 1 N–H and O–H groups in total. The van der Waals surface area contributed by atoms with Crippen LogP contribution in [0.1, 0.15) is 5.56 Å². The van der Waals surface area contributed by atoms with Crippen molar-refractivity contribution in [2.75, 3.05) is 5.32 Å². The molecule has 0 aliphatic carbocycles. The van der Waals surface area contributed by atoms with Gasteiger partial charge in [0.1, 0.15) is 5.69 Å². The van der Waals surface area contributed by atoms with Gasteiger partial charge in [0, 0.05) is 5.69 Å². The first-order chi connectivity index (χ1) is 9.66. The molecule has 0 atom stereocenters. The van der Waals surface area contributed by atoms with Gasteiger partial charge in [-0.1, -0.05) is 48.0 Å². The van der Waals surface area contributed by atoms with E-state index in [1.54, 1.807) is 0 Å². The van der Waals surface area contributed by atoms with Crippen molar-refractivity contribution in [3.63, 3.8) is 0 Å². The van der Waals surface area contributed by atoms with E-state index in [0.29, 0.717) is 11.3 Å². The van der Waals surface area contributed by atoms with Gasteiger partial charge in [-0.25, -0.2) is 0 Å². The SMILES string of the molecule is Cc1ccc(-c2c(Nc3ccccc3)c(=O)c2=O)cc1. The number of rotatable bonds is 3. The third-order valence-corrected chi connectivity index (χ3v) is 3.29. The summed E-state index contributed by atoms with van der Waals surface area (Å²) in [6, 6.07) is 16.9. The molecule has 98 valence electrons. The molecule has 0 unspecified atom stereocenters. The van der Waals surface area contributed by atoms with Gasteiger partial charge in [-0.15, -0.1) is 0 Å². The maximum atomic E-state index is 11.8. The van der Waals surface area contributed by atoms with Crippen LogP contribution in [0.5, 0.6) is 0 Å². The van der Waals surface area contributed by atoms with Crippen LogP contribution in [0.25, 0.3) is 11.1 Å². The van der Waals surface area contributed by atoms with Gasteiger partial charge in [0.25, 0.3) is 5.43 Å². The second-order valence-electron chi connectivity index (χ2n) is 4.77. The number of anilines is 2. The van der Waals surface area contributed by atoms with Crippen molar-refractivity contribution in [1.29, 1.82) is 0 Å². The maximum Gasteiger partial charge on any atom is 0.250 e. The molecule has 0 saturated carbocycles. The Balaban J connectivity index is 2.02. The fourth-order valence-electron chi connectivity index (χ4n) is 2.17. The predicted octanol–water partition coefficient (Wildman–Crippen LogP) is 3.00. The lowest BCUT2D eigenvalue weighted by molar-refractivity contribution is 1.37. The minimum atomic E-state index is -0.454. The van der Waals surface area contributed by atoms with E-state index in [1.165, 1.54) is 0 Å². The summed E-state index contributed by atoms with van der Waals surface area (Å²) in [4.78, 5) is 23.5. The minimum absolute atomic E-state index is 0.380. The van der Waals surface area contributed by atoms with Crippen molar-refractivity contribution in [3.05, 3.63) is 80.6 Å². The van der Waals surface area contributed by atoms with Gasteiger partial charge in [-0.2, -0.15) is 0 Å². The lowest BCUT2D eigenvalue weighted by Crippen LogP contribution is -2.35. The Morgan fingerprint density at radius 1 is 0.800 bits per heavy atom. The first kappa shape index (κ1) is 12.4. The summed E-state index contributed by atoms with van der Waals surface area (Å²) in [7, 11) is 0. The van der Waals surface area contributed by atoms with E-state index in [1.807, 2.05) is 61.5 Å². The Bertz CT molecular complexity index is 810. The average Bonchev–Trinajstić information content (AvgIpc) is 2.49. The van der Waals surface area contributed by atoms with Crippen LogP contribution in [0, 0.1) is 6.92 Å². The molecule has 0 radical (unpaired) electrons. The van der Waals surface area contributed by atoms with Crippen LogP contribution >= 0.6 is 0 Å². The first-order valence-corrected chi connectivity index (χ1v) is 6.39. The molecule has 0 fully saturated rings. The zero-order chi connectivity index (χ0) is 14.1. The Hall–Kier alpha value is -2.68. The highest BCUT2D eigenvalue weighted by Gasteiger charge is 2.22. The molecule has 0 aliphatic rings. The van der Waals surface area contributed by atoms with Crippen molar-refractivity contribution in [1.82, 2.24) is 0 Å². The number of hydrogen-bond acceptors (Lipinski definition) is 3. The Morgan fingerprint density at radius 3 is 2.10 bits per heavy atom. The zero-order valence-electron chi connectivity index (χ0n) is 11.0. The lowest BCUT2D eigenvalue weighted by atomic mass is 9.97. The lowest BCUT2D eigenvalue weighted by Gasteiger charge is -2.13. The fraction of sp³-hybridized carbons (Fsp3) is 0.0588. The normalized spacial score (nSPS) is 10.7. The smallest absolute Gasteiger partial charge is 0.250 e. The number of hydrogen-bond donors (Lipinski definition) is 1. The van der Waals surface area contributed by atoms with Gasteiger partial charge in [-0.05, 0) is 24.6 Å². The molecular weight excluding hydrogens is 250 g/mol. The highest BCUT2D eigenvalue weighted by atomic mass is 16.2. The van der Waals surface area contributed by atoms with Crippen LogP contribution < -0.4 is 16.2 Å². The van der Waals surface area contributed by atoms with Crippen molar-refractivity contribution < 1.29 is 0 Å². The van der Waals surface area contributed by atoms with Crippen molar-refractivity contribution in [3.8, 4) is 11.1 Å². The van der Waals surface area contributed by atoms with E-state index in [0.717, 1.165) is 16.8 Å². The summed E-state index contributed by atoms with van der Waals surface area (Å²) in [6.45, 7) is 1.98. The van der Waals surface area contributed by atoms with E-state index in [-0.39, 0.29) is 0 Å². The van der Waals surface area contributed by atoms with Gasteiger partial charge < -0.3 is 5.32 Å². The number of benzene rings is 2. The summed E-state index contributed by atoms with van der Waals surface area (Å²) in [5.41, 5.74) is 2.66. The summed E-state index contributed by atoms with van der Waals surface area (Å²) < 4.78 is 0. The number of para-hydroxylation sites is 1. The molecule has 0 aromatic heterocycles. The van der Waals surface area contributed by atoms with Gasteiger partial charge >= 0.3 is 0 Å². The molecule has 3 rings (SSSR count). The highest BCUT2D eigenvalue weighted by molar-refractivity contribution is 5.84. The maximum absolute atomic E-state index is 11.8. The van der Waals surface area contributed by atoms with Gasteiger partial charge in [0.05, 0.1) is 5.56 Å². The van der Waals surface area contributed by atoms with Crippen LogP contribution in [0.2, 0.25) is 0 Å². The van der Waals surface area contributed by atoms with E-state index in [9.17, 15) is 9.59 Å². The quantitative estimate of drug-likeness (QED) is 0.739. The predicted molar refractivity (Wildman–Crippen MR) is 81.3 cm³/mol. The van der Waals surface area contributed by atoms with Gasteiger partial charge in [0.2, 0.25) is 5.43 Å². The van der Waals surface area contributed by atoms with Crippen LogP contribution in [0.15, 0.2) is 64.2 Å². The third kappa shape index (κ3) is 2.03. The molecule has 0 bridgehead atoms. The van der Waals surface area contributed by atoms with E-state index < -0.39 is 10.9 Å². The summed E-state index contributed by atoms with van der Waals surface area (Å²) in [5.74, 6) is 0. The average molecular weight is 263 g/mol. The first-order valence-electron chi connectivity index (χ1n) is 6.39. The second kappa shape index (κ2) is 4.78. The minimum Gasteiger partial charge on any atom is -0.352 e. The number of aryl methyl sites for hydroxylation is 1. The Morgan fingerprint density at radius 2 is 1.45 bits per heavy atom. The molecule has 0 aliphatic heterocycles. The van der Waals surface area contributed by atoms with E-state index in [2.05, 4.69) is 5.32 Å². The van der Waals surface area contributed by atoms with Crippen LogP contribution in [0.3, 0.4) is 0 Å². The summed E-state index contributed by atoms with van der Waals surface area (Å²) >= 11 is 0. The van der Waals surface area contributed by atoms with E-state index in [4.69, 9.17) is 0 Å². The molecule has 0 amide bonds. The highest BCUT2D eigenvalue weighted by Crippen LogP contribution is 2.26. The molecule has 3 nitrogen and oxygen atoms in total. The topological polar surface area (TPSA) is 46.2 Å². The third-order valence-electron chi connectivity index (χ3n) is 3.29. The zero-order valence-corrected chi connectivity index (χ0v) is 11.0. The van der Waals surface area contributed by atoms with Crippen molar-refractivity contribution in [2.45, 2.75) is 6.92 Å². The molecule has 3 aromatic rings. The molecular formula is C17H13NO2. The molecule has 0 saturated heterocycles. The molecule has 3 heteroatoms.